The molecule has 0 fully saturated rings. The van der Waals surface area contributed by atoms with Crippen molar-refractivity contribution in [2.75, 3.05) is 6.54 Å². The second-order valence-electron chi connectivity index (χ2n) is 2.77. The summed E-state index contributed by atoms with van der Waals surface area (Å²) in [7, 11) is 0. The number of halogens is 4. The van der Waals surface area contributed by atoms with Crippen LogP contribution in [-0.4, -0.2) is 22.0 Å². The number of carbonyl (C=O) groups is 1. The summed E-state index contributed by atoms with van der Waals surface area (Å²) < 4.78 is 34.0. The summed E-state index contributed by atoms with van der Waals surface area (Å²) in [5.74, 6) is -0.611. The van der Waals surface area contributed by atoms with Crippen molar-refractivity contribution in [2.45, 2.75) is 23.4 Å². The third kappa shape index (κ3) is 5.62. The van der Waals surface area contributed by atoms with Crippen LogP contribution in [0.15, 0.2) is 0 Å². The first kappa shape index (κ1) is 12.0. The Morgan fingerprint density at radius 1 is 1.42 bits per heavy atom. The molecule has 0 saturated carbocycles. The van der Waals surface area contributed by atoms with Gasteiger partial charge in [0.25, 0.3) is 0 Å². The van der Waals surface area contributed by atoms with Crippen LogP contribution in [0.5, 0.6) is 0 Å². The van der Waals surface area contributed by atoms with E-state index in [2.05, 4.69) is 0 Å². The molecule has 0 spiro atoms. The molecule has 0 aliphatic rings. The van der Waals surface area contributed by atoms with E-state index in [-0.39, 0.29) is 0 Å². The van der Waals surface area contributed by atoms with E-state index < -0.39 is 22.0 Å². The van der Waals surface area contributed by atoms with Gasteiger partial charge in [0, 0.05) is 0 Å². The molecule has 72 valence electrons. The summed E-state index contributed by atoms with van der Waals surface area (Å²) in [6, 6.07) is 0. The van der Waals surface area contributed by atoms with Gasteiger partial charge in [-0.2, -0.15) is 13.2 Å². The Balaban J connectivity index is 3.90. The number of carbonyl (C=O) groups excluding carboxylic acids is 1. The second kappa shape index (κ2) is 3.80. The number of amides is 1. The van der Waals surface area contributed by atoms with Crippen LogP contribution in [0.2, 0.25) is 0 Å². The minimum atomic E-state index is -4.34. The highest BCUT2D eigenvalue weighted by Crippen LogP contribution is 2.18. The Morgan fingerprint density at radius 3 is 2.08 bits per heavy atom. The zero-order valence-corrected chi connectivity index (χ0v) is 8.78. The first-order valence-corrected chi connectivity index (χ1v) is 4.25. The molecular formula is C6H9F3INO. The van der Waals surface area contributed by atoms with Crippen molar-refractivity contribution < 1.29 is 18.0 Å². The third-order valence-corrected chi connectivity index (χ3v) is 1.48. The molecule has 0 saturated heterocycles. The fraction of sp³-hybridized carbons (Fsp3) is 0.833. The number of hydrogen-bond acceptors (Lipinski definition) is 1. The molecule has 0 bridgehead atoms. The van der Waals surface area contributed by atoms with Gasteiger partial charge in [0.05, 0.1) is 3.42 Å². The molecule has 12 heavy (non-hydrogen) atoms. The predicted molar refractivity (Wildman–Crippen MR) is 47.2 cm³/mol. The van der Waals surface area contributed by atoms with Gasteiger partial charge in [0.15, 0.2) is 0 Å². The summed E-state index contributed by atoms with van der Waals surface area (Å²) in [5.41, 5.74) is 0. The lowest BCUT2D eigenvalue weighted by atomic mass is 10.2. The van der Waals surface area contributed by atoms with E-state index in [9.17, 15) is 18.0 Å². The Hall–Kier alpha value is -0.0100. The van der Waals surface area contributed by atoms with Crippen molar-refractivity contribution in [1.29, 1.82) is 0 Å². The Labute approximate surface area is 82.0 Å². The van der Waals surface area contributed by atoms with E-state index in [0.29, 0.717) is 0 Å². The summed E-state index contributed by atoms with van der Waals surface area (Å²) in [5, 5.41) is 1.79. The van der Waals surface area contributed by atoms with Gasteiger partial charge in [-0.15, -0.1) is 0 Å². The molecule has 0 rings (SSSR count). The van der Waals surface area contributed by atoms with E-state index >= 15 is 0 Å². The first-order chi connectivity index (χ1) is 5.13. The van der Waals surface area contributed by atoms with Crippen LogP contribution >= 0.6 is 22.6 Å². The van der Waals surface area contributed by atoms with Gasteiger partial charge in [-0.25, -0.2) is 0 Å². The van der Waals surface area contributed by atoms with Gasteiger partial charge < -0.3 is 5.32 Å². The van der Waals surface area contributed by atoms with Crippen molar-refractivity contribution in [2.24, 2.45) is 0 Å². The van der Waals surface area contributed by atoms with Crippen molar-refractivity contribution >= 4 is 28.5 Å². The van der Waals surface area contributed by atoms with Gasteiger partial charge in [-0.3, -0.25) is 4.79 Å². The molecule has 1 amide bonds. The Morgan fingerprint density at radius 2 is 1.83 bits per heavy atom. The van der Waals surface area contributed by atoms with Crippen LogP contribution in [0.25, 0.3) is 0 Å². The first-order valence-electron chi connectivity index (χ1n) is 3.17. The molecular weight excluding hydrogens is 286 g/mol. The smallest absolute Gasteiger partial charge is 0.346 e. The molecule has 2 nitrogen and oxygen atoms in total. The SMILES string of the molecule is CC(C)(I)C(=O)NCC(F)(F)F. The quantitative estimate of drug-likeness (QED) is 0.611. The minimum absolute atomic E-state index is 0.611. The van der Waals surface area contributed by atoms with E-state index in [1.165, 1.54) is 0 Å². The zero-order valence-electron chi connectivity index (χ0n) is 6.63. The average molecular weight is 295 g/mol. The highest BCUT2D eigenvalue weighted by Gasteiger charge is 2.31. The standard InChI is InChI=1S/C6H9F3INO/c1-5(2,10)4(12)11-3-6(7,8)9/h3H2,1-2H3,(H,11,12). The maximum atomic E-state index is 11.6. The maximum absolute atomic E-state index is 11.6. The van der Waals surface area contributed by atoms with Crippen LogP contribution in [0, 0.1) is 0 Å². The fourth-order valence-electron chi connectivity index (χ4n) is 0.391. The molecule has 0 radical (unpaired) electrons. The maximum Gasteiger partial charge on any atom is 0.405 e. The molecule has 0 aromatic carbocycles. The van der Waals surface area contributed by atoms with Gasteiger partial charge in [0.1, 0.15) is 6.54 Å². The van der Waals surface area contributed by atoms with Crippen LogP contribution in [0.4, 0.5) is 13.2 Å². The van der Waals surface area contributed by atoms with E-state index in [0.717, 1.165) is 0 Å². The second-order valence-corrected chi connectivity index (χ2v) is 5.47. The Kier molecular flexibility index (Phi) is 3.80. The number of hydrogen-bond donors (Lipinski definition) is 1. The van der Waals surface area contributed by atoms with Crippen molar-refractivity contribution in [3.63, 3.8) is 0 Å². The normalized spacial score (nSPS) is 12.8. The van der Waals surface area contributed by atoms with Crippen LogP contribution in [0.1, 0.15) is 13.8 Å². The average Bonchev–Trinajstić information content (AvgIpc) is 1.78. The molecule has 0 aromatic rings. The number of rotatable bonds is 2. The summed E-state index contributed by atoms with van der Waals surface area (Å²) in [4.78, 5) is 10.9. The van der Waals surface area contributed by atoms with Crippen molar-refractivity contribution in [3.05, 3.63) is 0 Å². The topological polar surface area (TPSA) is 29.1 Å². The van der Waals surface area contributed by atoms with Gasteiger partial charge >= 0.3 is 6.18 Å². The Bertz CT molecular complexity index is 173. The number of alkyl halides is 4. The molecule has 0 aliphatic heterocycles. The van der Waals surface area contributed by atoms with Gasteiger partial charge in [-0.05, 0) is 13.8 Å². The van der Waals surface area contributed by atoms with E-state index in [1.54, 1.807) is 41.8 Å². The summed E-state index contributed by atoms with van der Waals surface area (Å²) in [6.07, 6.45) is -4.34. The molecule has 6 heteroatoms. The van der Waals surface area contributed by atoms with Crippen molar-refractivity contribution in [1.82, 2.24) is 5.32 Å². The zero-order chi connectivity index (χ0) is 9.99. The van der Waals surface area contributed by atoms with Gasteiger partial charge in [0.2, 0.25) is 5.91 Å². The van der Waals surface area contributed by atoms with E-state index in [1.807, 2.05) is 0 Å². The monoisotopic (exact) mass is 295 g/mol. The molecule has 0 heterocycles. The summed E-state index contributed by atoms with van der Waals surface area (Å²) >= 11 is 1.77. The van der Waals surface area contributed by atoms with Crippen LogP contribution in [-0.2, 0) is 4.79 Å². The van der Waals surface area contributed by atoms with Crippen molar-refractivity contribution in [3.8, 4) is 0 Å². The lowest BCUT2D eigenvalue weighted by Gasteiger charge is -2.16. The van der Waals surface area contributed by atoms with Gasteiger partial charge in [-0.1, -0.05) is 22.6 Å². The van der Waals surface area contributed by atoms with E-state index in [4.69, 9.17) is 0 Å². The lowest BCUT2D eigenvalue weighted by molar-refractivity contribution is -0.139. The molecule has 1 N–H and O–H groups in total. The lowest BCUT2D eigenvalue weighted by Crippen LogP contribution is -2.42. The third-order valence-electron chi connectivity index (χ3n) is 0.989. The largest absolute Gasteiger partial charge is 0.405 e. The highest BCUT2D eigenvalue weighted by molar-refractivity contribution is 14.1. The number of nitrogens with one attached hydrogen (secondary N) is 1. The molecule has 0 atom stereocenters. The highest BCUT2D eigenvalue weighted by atomic mass is 127. The van der Waals surface area contributed by atoms with Crippen LogP contribution < -0.4 is 5.32 Å². The molecule has 0 unspecified atom stereocenters. The fourth-order valence-corrected chi connectivity index (χ4v) is 0.581. The molecule has 0 aromatic heterocycles. The predicted octanol–water partition coefficient (Wildman–Crippen LogP) is 1.88. The minimum Gasteiger partial charge on any atom is -0.346 e. The molecule has 0 aliphatic carbocycles. The van der Waals surface area contributed by atoms with Crippen LogP contribution in [0.3, 0.4) is 0 Å². The summed E-state index contributed by atoms with van der Waals surface area (Å²) in [6.45, 7) is 1.82.